The van der Waals surface area contributed by atoms with Crippen LogP contribution in [-0.2, 0) is 11.3 Å². The van der Waals surface area contributed by atoms with Gasteiger partial charge in [-0.25, -0.2) is 4.98 Å². The van der Waals surface area contributed by atoms with Crippen molar-refractivity contribution in [1.82, 2.24) is 10.3 Å². The first-order valence-electron chi connectivity index (χ1n) is 8.94. The Labute approximate surface area is 164 Å². The van der Waals surface area contributed by atoms with Crippen molar-refractivity contribution in [3.05, 3.63) is 83.7 Å². The highest BCUT2D eigenvalue weighted by Crippen LogP contribution is 2.19. The number of benzene rings is 2. The number of aromatic nitrogens is 1. The Morgan fingerprint density at radius 3 is 2.36 bits per heavy atom. The maximum absolute atomic E-state index is 12.3. The van der Waals surface area contributed by atoms with Crippen LogP contribution in [0, 0.1) is 6.92 Å². The second kappa shape index (κ2) is 8.81. The van der Waals surface area contributed by atoms with Crippen LogP contribution in [0.4, 0.5) is 17.1 Å². The zero-order valence-corrected chi connectivity index (χ0v) is 15.8. The van der Waals surface area contributed by atoms with Crippen molar-refractivity contribution in [2.24, 2.45) is 0 Å². The summed E-state index contributed by atoms with van der Waals surface area (Å²) in [7, 11) is 0. The van der Waals surface area contributed by atoms with Crippen LogP contribution in [0.25, 0.3) is 0 Å². The van der Waals surface area contributed by atoms with Crippen LogP contribution in [0.2, 0.25) is 0 Å². The molecule has 0 radical (unpaired) electrons. The number of aryl methyl sites for hydroxylation is 1. The van der Waals surface area contributed by atoms with E-state index >= 15 is 0 Å². The topological polar surface area (TPSA) is 83.1 Å². The van der Waals surface area contributed by atoms with Crippen LogP contribution in [0.15, 0.2) is 66.9 Å². The lowest BCUT2D eigenvalue weighted by Gasteiger charge is -2.09. The van der Waals surface area contributed by atoms with Gasteiger partial charge in [-0.1, -0.05) is 35.9 Å². The summed E-state index contributed by atoms with van der Waals surface area (Å²) in [6, 6.07) is 18.8. The molecule has 0 unspecified atom stereocenters. The van der Waals surface area contributed by atoms with E-state index in [4.69, 9.17) is 0 Å². The van der Waals surface area contributed by atoms with Crippen LogP contribution < -0.4 is 16.0 Å². The summed E-state index contributed by atoms with van der Waals surface area (Å²) in [5, 5.41) is 8.81. The van der Waals surface area contributed by atoms with E-state index in [0.717, 1.165) is 16.9 Å². The number of carbonyl (C=O) groups is 2. The van der Waals surface area contributed by atoms with Crippen LogP contribution >= 0.6 is 0 Å². The number of rotatable bonds is 6. The van der Waals surface area contributed by atoms with Gasteiger partial charge in [-0.3, -0.25) is 9.59 Å². The average Bonchev–Trinajstić information content (AvgIpc) is 2.68. The number of pyridine rings is 1. The molecule has 6 heteroatoms. The predicted molar refractivity (Wildman–Crippen MR) is 111 cm³/mol. The van der Waals surface area contributed by atoms with Gasteiger partial charge in [0.1, 0.15) is 5.69 Å². The van der Waals surface area contributed by atoms with Crippen LogP contribution in [0.1, 0.15) is 28.5 Å². The van der Waals surface area contributed by atoms with E-state index in [-0.39, 0.29) is 11.8 Å². The molecule has 0 spiro atoms. The van der Waals surface area contributed by atoms with E-state index in [1.165, 1.54) is 12.5 Å². The molecule has 1 heterocycles. The highest BCUT2D eigenvalue weighted by Gasteiger charge is 2.07. The van der Waals surface area contributed by atoms with E-state index in [9.17, 15) is 9.59 Å². The second-order valence-electron chi connectivity index (χ2n) is 6.49. The predicted octanol–water partition coefficient (Wildman–Crippen LogP) is 4.02. The third-order valence-corrected chi connectivity index (χ3v) is 4.04. The van der Waals surface area contributed by atoms with Crippen molar-refractivity contribution in [2.75, 3.05) is 10.6 Å². The number of nitrogens with one attached hydrogen (secondary N) is 3. The van der Waals surface area contributed by atoms with Crippen LogP contribution in [0.5, 0.6) is 0 Å². The molecule has 0 saturated carbocycles. The minimum Gasteiger partial charge on any atom is -0.354 e. The lowest BCUT2D eigenvalue weighted by atomic mass is 10.1. The summed E-state index contributed by atoms with van der Waals surface area (Å²) >= 11 is 0. The largest absolute Gasteiger partial charge is 0.354 e. The lowest BCUT2D eigenvalue weighted by molar-refractivity contribution is -0.114. The number of carbonyl (C=O) groups excluding carboxylic acids is 2. The molecule has 28 heavy (non-hydrogen) atoms. The average molecular weight is 374 g/mol. The third-order valence-electron chi connectivity index (χ3n) is 4.04. The van der Waals surface area contributed by atoms with Gasteiger partial charge in [-0.05, 0) is 42.8 Å². The molecule has 0 aliphatic carbocycles. The molecule has 1 aromatic heterocycles. The smallest absolute Gasteiger partial charge is 0.270 e. The van der Waals surface area contributed by atoms with E-state index in [1.807, 2.05) is 55.5 Å². The van der Waals surface area contributed by atoms with Gasteiger partial charge in [0.05, 0.1) is 11.9 Å². The molecule has 142 valence electrons. The quantitative estimate of drug-likeness (QED) is 0.608. The van der Waals surface area contributed by atoms with Gasteiger partial charge in [0, 0.05) is 24.8 Å². The standard InChI is InChI=1S/C22H22N4O2/c1-15-6-8-17(9-7-15)13-24-22(28)21-11-10-20(14-23-21)26-19-5-3-4-18(12-19)25-16(2)27/h3-12,14,26H,13H2,1-2H3,(H,24,28)(H,25,27). The van der Waals surface area contributed by atoms with Crippen molar-refractivity contribution in [1.29, 1.82) is 0 Å². The van der Waals surface area contributed by atoms with Crippen molar-refractivity contribution in [3.8, 4) is 0 Å². The maximum Gasteiger partial charge on any atom is 0.270 e. The minimum atomic E-state index is -0.222. The molecule has 0 fully saturated rings. The number of amides is 2. The Morgan fingerprint density at radius 2 is 1.68 bits per heavy atom. The Hall–Kier alpha value is -3.67. The third kappa shape index (κ3) is 5.41. The highest BCUT2D eigenvalue weighted by molar-refractivity contribution is 5.92. The minimum absolute atomic E-state index is 0.125. The Kier molecular flexibility index (Phi) is 6.01. The molecule has 3 N–H and O–H groups in total. The fourth-order valence-electron chi connectivity index (χ4n) is 2.63. The summed E-state index contributed by atoms with van der Waals surface area (Å²) in [4.78, 5) is 27.7. The maximum atomic E-state index is 12.3. The summed E-state index contributed by atoms with van der Waals surface area (Å²) in [6.07, 6.45) is 1.60. The summed E-state index contributed by atoms with van der Waals surface area (Å²) < 4.78 is 0. The number of hydrogen-bond acceptors (Lipinski definition) is 4. The SMILES string of the molecule is CC(=O)Nc1cccc(Nc2ccc(C(=O)NCc3ccc(C)cc3)nc2)c1. The van der Waals surface area contributed by atoms with E-state index < -0.39 is 0 Å². The molecule has 0 atom stereocenters. The number of nitrogens with zero attached hydrogens (tertiary/aromatic N) is 1. The Balaban J connectivity index is 1.59. The Morgan fingerprint density at radius 1 is 0.929 bits per heavy atom. The lowest BCUT2D eigenvalue weighted by Crippen LogP contribution is -2.23. The normalized spacial score (nSPS) is 10.2. The van der Waals surface area contributed by atoms with E-state index in [0.29, 0.717) is 17.9 Å². The molecule has 6 nitrogen and oxygen atoms in total. The fraction of sp³-hybridized carbons (Fsp3) is 0.136. The molecule has 2 aromatic carbocycles. The van der Waals surface area contributed by atoms with Crippen molar-refractivity contribution in [3.63, 3.8) is 0 Å². The van der Waals surface area contributed by atoms with Crippen LogP contribution in [0.3, 0.4) is 0 Å². The van der Waals surface area contributed by atoms with Gasteiger partial charge in [0.15, 0.2) is 0 Å². The molecular formula is C22H22N4O2. The molecule has 3 aromatic rings. The molecule has 0 bridgehead atoms. The highest BCUT2D eigenvalue weighted by atomic mass is 16.2. The van der Waals surface area contributed by atoms with Crippen molar-refractivity contribution < 1.29 is 9.59 Å². The molecule has 0 aliphatic heterocycles. The van der Waals surface area contributed by atoms with Gasteiger partial charge in [0.25, 0.3) is 5.91 Å². The first-order valence-corrected chi connectivity index (χ1v) is 8.94. The van der Waals surface area contributed by atoms with E-state index in [2.05, 4.69) is 20.9 Å². The molecule has 0 saturated heterocycles. The zero-order chi connectivity index (χ0) is 19.9. The number of anilines is 3. The number of hydrogen-bond donors (Lipinski definition) is 3. The van der Waals surface area contributed by atoms with Gasteiger partial charge < -0.3 is 16.0 Å². The van der Waals surface area contributed by atoms with Gasteiger partial charge in [-0.2, -0.15) is 0 Å². The first-order chi connectivity index (χ1) is 13.5. The second-order valence-corrected chi connectivity index (χ2v) is 6.49. The molecular weight excluding hydrogens is 352 g/mol. The van der Waals surface area contributed by atoms with E-state index in [1.54, 1.807) is 18.3 Å². The summed E-state index contributed by atoms with van der Waals surface area (Å²) in [5.41, 5.74) is 4.83. The monoisotopic (exact) mass is 374 g/mol. The van der Waals surface area contributed by atoms with Crippen LogP contribution in [-0.4, -0.2) is 16.8 Å². The fourth-order valence-corrected chi connectivity index (χ4v) is 2.63. The van der Waals surface area contributed by atoms with Gasteiger partial charge in [0.2, 0.25) is 5.91 Å². The summed E-state index contributed by atoms with van der Waals surface area (Å²) in [6.45, 7) is 3.95. The molecule has 3 rings (SSSR count). The van der Waals surface area contributed by atoms with Crippen molar-refractivity contribution in [2.45, 2.75) is 20.4 Å². The molecule has 2 amide bonds. The van der Waals surface area contributed by atoms with Crippen molar-refractivity contribution >= 4 is 28.9 Å². The van der Waals surface area contributed by atoms with Gasteiger partial charge >= 0.3 is 0 Å². The summed E-state index contributed by atoms with van der Waals surface area (Å²) in [5.74, 6) is -0.348. The molecule has 0 aliphatic rings. The van der Waals surface area contributed by atoms with Gasteiger partial charge in [-0.15, -0.1) is 0 Å². The first kappa shape index (κ1) is 19.1. The zero-order valence-electron chi connectivity index (χ0n) is 15.8. The Bertz CT molecular complexity index is 967.